The van der Waals surface area contributed by atoms with Crippen LogP contribution in [-0.4, -0.2) is 12.9 Å². The van der Waals surface area contributed by atoms with Crippen molar-refractivity contribution in [1.29, 1.82) is 0 Å². The molecule has 0 saturated carbocycles. The van der Waals surface area contributed by atoms with Crippen LogP contribution >= 0.6 is 0 Å². The van der Waals surface area contributed by atoms with Crippen LogP contribution < -0.4 is 10.1 Å². The van der Waals surface area contributed by atoms with E-state index < -0.39 is 6.36 Å². The number of halogens is 3. The Kier molecular flexibility index (Phi) is 7.02. The molecule has 1 aromatic carbocycles. The lowest BCUT2D eigenvalue weighted by Crippen LogP contribution is -2.17. The largest absolute Gasteiger partial charge is 0.573 e. The van der Waals surface area contributed by atoms with E-state index in [0.29, 0.717) is 12.1 Å². The molecule has 0 aliphatic rings. The number of anilines is 1. The smallest absolute Gasteiger partial charge is 0.406 e. The lowest BCUT2D eigenvalue weighted by atomic mass is 10.1. The second-order valence-electron chi connectivity index (χ2n) is 4.89. The van der Waals surface area contributed by atoms with Gasteiger partial charge < -0.3 is 10.1 Å². The van der Waals surface area contributed by atoms with Gasteiger partial charge in [-0.3, -0.25) is 0 Å². The summed E-state index contributed by atoms with van der Waals surface area (Å²) in [5.74, 6) is -0.201. The minimum absolute atomic E-state index is 0.201. The molecule has 0 saturated heterocycles. The van der Waals surface area contributed by atoms with Gasteiger partial charge in [-0.1, -0.05) is 37.6 Å². The Morgan fingerprint density at radius 1 is 1.27 bits per heavy atom. The monoisotopic (exact) mass is 313 g/mol. The molecule has 0 heterocycles. The van der Waals surface area contributed by atoms with E-state index in [1.165, 1.54) is 17.7 Å². The molecular weight excluding hydrogens is 291 g/mol. The van der Waals surface area contributed by atoms with Crippen molar-refractivity contribution < 1.29 is 17.9 Å². The number of hydrogen-bond donors (Lipinski definition) is 1. The van der Waals surface area contributed by atoms with Crippen LogP contribution in [0.25, 0.3) is 0 Å². The number of benzene rings is 1. The van der Waals surface area contributed by atoms with Gasteiger partial charge >= 0.3 is 6.36 Å². The molecule has 0 aliphatic carbocycles. The van der Waals surface area contributed by atoms with Crippen LogP contribution in [0.1, 0.15) is 32.3 Å². The zero-order valence-corrected chi connectivity index (χ0v) is 13.1. The van der Waals surface area contributed by atoms with Gasteiger partial charge in [-0.15, -0.1) is 13.2 Å². The molecule has 22 heavy (non-hydrogen) atoms. The molecule has 1 rings (SSSR count). The molecule has 0 bridgehead atoms. The van der Waals surface area contributed by atoms with Crippen LogP contribution in [-0.2, 0) is 0 Å². The minimum Gasteiger partial charge on any atom is -0.406 e. The summed E-state index contributed by atoms with van der Waals surface area (Å²) in [4.78, 5) is 0. The van der Waals surface area contributed by atoms with Gasteiger partial charge in [0.15, 0.2) is 0 Å². The maximum Gasteiger partial charge on any atom is 0.573 e. The van der Waals surface area contributed by atoms with Crippen LogP contribution in [0.15, 0.2) is 42.0 Å². The number of hydrogen-bond acceptors (Lipinski definition) is 2. The predicted octanol–water partition coefficient (Wildman–Crippen LogP) is 5.61. The third kappa shape index (κ3) is 6.70. The molecule has 2 nitrogen and oxygen atoms in total. The second kappa shape index (κ2) is 8.51. The van der Waals surface area contributed by atoms with Crippen LogP contribution in [0.4, 0.5) is 18.9 Å². The Balaban J connectivity index is 2.70. The molecule has 1 N–H and O–H groups in total. The highest BCUT2D eigenvalue weighted by atomic mass is 19.4. The van der Waals surface area contributed by atoms with Crippen molar-refractivity contribution in [3.63, 3.8) is 0 Å². The van der Waals surface area contributed by atoms with E-state index in [9.17, 15) is 13.2 Å². The Bertz CT molecular complexity index is 533. The van der Waals surface area contributed by atoms with E-state index in [4.69, 9.17) is 0 Å². The Hall–Kier alpha value is -1.91. The highest BCUT2D eigenvalue weighted by molar-refractivity contribution is 5.54. The van der Waals surface area contributed by atoms with Crippen molar-refractivity contribution in [2.45, 2.75) is 40.0 Å². The van der Waals surface area contributed by atoms with E-state index in [0.717, 1.165) is 18.5 Å². The van der Waals surface area contributed by atoms with Gasteiger partial charge in [0.1, 0.15) is 5.75 Å². The van der Waals surface area contributed by atoms with E-state index in [2.05, 4.69) is 36.1 Å². The summed E-state index contributed by atoms with van der Waals surface area (Å²) in [6, 6.07) is 4.29. The minimum atomic E-state index is -4.66. The first-order valence-corrected chi connectivity index (χ1v) is 7.30. The molecular formula is C17H22F3NO. The van der Waals surface area contributed by atoms with Gasteiger partial charge in [0.05, 0.1) is 0 Å². The van der Waals surface area contributed by atoms with E-state index in [1.807, 2.05) is 6.08 Å². The summed E-state index contributed by atoms with van der Waals surface area (Å²) in [5.41, 5.74) is 2.73. The van der Waals surface area contributed by atoms with Crippen molar-refractivity contribution in [2.75, 3.05) is 11.9 Å². The maximum absolute atomic E-state index is 12.2. The molecule has 0 fully saturated rings. The molecule has 1 aromatic rings. The third-order valence-corrected chi connectivity index (χ3v) is 3.10. The van der Waals surface area contributed by atoms with Crippen LogP contribution in [0.5, 0.6) is 5.75 Å². The van der Waals surface area contributed by atoms with Gasteiger partial charge in [-0.2, -0.15) is 0 Å². The Labute approximate surface area is 129 Å². The molecule has 0 unspecified atom stereocenters. The topological polar surface area (TPSA) is 21.3 Å². The molecule has 122 valence electrons. The number of alkyl halides is 3. The third-order valence-electron chi connectivity index (χ3n) is 3.10. The average Bonchev–Trinajstić information content (AvgIpc) is 2.42. The first kappa shape index (κ1) is 18.1. The van der Waals surface area contributed by atoms with Crippen molar-refractivity contribution >= 4 is 5.69 Å². The quantitative estimate of drug-likeness (QED) is 0.661. The van der Waals surface area contributed by atoms with Gasteiger partial charge in [0, 0.05) is 12.2 Å². The number of ether oxygens (including phenoxy) is 1. The van der Waals surface area contributed by atoms with E-state index >= 15 is 0 Å². The summed E-state index contributed by atoms with van der Waals surface area (Å²) >= 11 is 0. The van der Waals surface area contributed by atoms with Crippen molar-refractivity contribution in [1.82, 2.24) is 0 Å². The van der Waals surface area contributed by atoms with Gasteiger partial charge in [0.25, 0.3) is 0 Å². The molecule has 5 heteroatoms. The SMILES string of the molecule is CC/C=C\C=C(/CC)CNc1ccc(OC(F)(F)F)cc1C. The van der Waals surface area contributed by atoms with Gasteiger partial charge in [0.2, 0.25) is 0 Å². The summed E-state index contributed by atoms with van der Waals surface area (Å²) in [7, 11) is 0. The summed E-state index contributed by atoms with van der Waals surface area (Å²) < 4.78 is 40.4. The van der Waals surface area contributed by atoms with Crippen LogP contribution in [0, 0.1) is 6.92 Å². The number of allylic oxidation sites excluding steroid dienone is 3. The number of nitrogens with one attached hydrogen (secondary N) is 1. The standard InChI is InChI=1S/C17H22F3NO/c1-4-6-7-8-14(5-2)12-21-16-10-9-15(11-13(16)3)22-17(18,19)20/h6-11,21H,4-5,12H2,1-3H3/b7-6-,14-8+. The highest BCUT2D eigenvalue weighted by Gasteiger charge is 2.31. The normalized spacial score (nSPS) is 12.7. The molecule has 0 spiro atoms. The van der Waals surface area contributed by atoms with Gasteiger partial charge in [-0.25, -0.2) is 0 Å². The lowest BCUT2D eigenvalue weighted by Gasteiger charge is -2.14. The highest BCUT2D eigenvalue weighted by Crippen LogP contribution is 2.26. The Morgan fingerprint density at radius 3 is 2.55 bits per heavy atom. The summed E-state index contributed by atoms with van der Waals surface area (Å²) in [6.45, 7) is 6.55. The van der Waals surface area contributed by atoms with Crippen LogP contribution in [0.2, 0.25) is 0 Å². The lowest BCUT2D eigenvalue weighted by molar-refractivity contribution is -0.274. The van der Waals surface area contributed by atoms with Crippen molar-refractivity contribution in [3.8, 4) is 5.75 Å². The Morgan fingerprint density at radius 2 is 2.00 bits per heavy atom. The predicted molar refractivity (Wildman–Crippen MR) is 84.2 cm³/mol. The summed E-state index contributed by atoms with van der Waals surface area (Å²) in [5, 5.41) is 3.24. The number of rotatable bonds is 7. The fourth-order valence-corrected chi connectivity index (χ4v) is 1.88. The molecule has 0 atom stereocenters. The van der Waals surface area contributed by atoms with Crippen LogP contribution in [0.3, 0.4) is 0 Å². The zero-order valence-electron chi connectivity index (χ0n) is 13.1. The van der Waals surface area contributed by atoms with E-state index in [-0.39, 0.29) is 5.75 Å². The molecule has 0 amide bonds. The maximum atomic E-state index is 12.2. The molecule has 0 aliphatic heterocycles. The first-order valence-electron chi connectivity index (χ1n) is 7.30. The zero-order chi connectivity index (χ0) is 16.6. The van der Waals surface area contributed by atoms with Gasteiger partial charge in [-0.05, 0) is 43.5 Å². The number of aryl methyl sites for hydroxylation is 1. The first-order chi connectivity index (χ1) is 10.4. The van der Waals surface area contributed by atoms with Crippen molar-refractivity contribution in [2.24, 2.45) is 0 Å². The molecule has 0 radical (unpaired) electrons. The van der Waals surface area contributed by atoms with E-state index in [1.54, 1.807) is 13.0 Å². The van der Waals surface area contributed by atoms with Crippen molar-refractivity contribution in [3.05, 3.63) is 47.6 Å². The summed E-state index contributed by atoms with van der Waals surface area (Å²) in [6.07, 6.45) is 3.39. The fourth-order valence-electron chi connectivity index (χ4n) is 1.88. The second-order valence-corrected chi connectivity index (χ2v) is 4.89. The average molecular weight is 313 g/mol. The molecule has 0 aromatic heterocycles. The fraction of sp³-hybridized carbons (Fsp3) is 0.412.